The van der Waals surface area contributed by atoms with Gasteiger partial charge in [-0.3, -0.25) is 14.6 Å². The number of hydrogen-bond acceptors (Lipinski definition) is 3. The monoisotopic (exact) mass is 445 g/mol. The highest BCUT2D eigenvalue weighted by molar-refractivity contribution is 6.30. The number of benzene rings is 2. The third-order valence-electron chi connectivity index (χ3n) is 6.53. The van der Waals surface area contributed by atoms with Crippen LogP contribution in [-0.4, -0.2) is 33.8 Å². The molecule has 6 heteroatoms. The first-order valence-corrected chi connectivity index (χ1v) is 11.4. The van der Waals surface area contributed by atoms with Gasteiger partial charge in [0.1, 0.15) is 0 Å². The molecule has 2 saturated heterocycles. The zero-order chi connectivity index (χ0) is 22.1. The molecule has 2 bridgehead atoms. The highest BCUT2D eigenvalue weighted by Crippen LogP contribution is 2.40. The van der Waals surface area contributed by atoms with Crippen LogP contribution in [0.2, 0.25) is 5.02 Å². The second-order valence-corrected chi connectivity index (χ2v) is 9.00. The van der Waals surface area contributed by atoms with Crippen LogP contribution in [-0.2, 0) is 4.79 Å². The lowest BCUT2D eigenvalue weighted by molar-refractivity contribution is -0.121. The SMILES string of the molecule is O=C(Nc1ccc(Cl)cc1)C1CC2CCC(C1)N2C(=O)c1ccc(-c2ccccc2)nc1. The number of carbonyl (C=O) groups is 2. The van der Waals surface area contributed by atoms with Gasteiger partial charge in [-0.25, -0.2) is 0 Å². The van der Waals surface area contributed by atoms with E-state index in [1.807, 2.05) is 47.4 Å². The number of hydrogen-bond donors (Lipinski definition) is 1. The fourth-order valence-electron chi connectivity index (χ4n) is 4.95. The number of anilines is 1. The van der Waals surface area contributed by atoms with Gasteiger partial charge in [-0.2, -0.15) is 0 Å². The molecule has 2 fully saturated rings. The third kappa shape index (κ3) is 4.13. The average molecular weight is 446 g/mol. The summed E-state index contributed by atoms with van der Waals surface area (Å²) in [6.07, 6.45) is 4.94. The molecule has 2 aliphatic heterocycles. The van der Waals surface area contributed by atoms with Crippen LogP contribution in [0.1, 0.15) is 36.0 Å². The van der Waals surface area contributed by atoms with Crippen molar-refractivity contribution in [3.63, 3.8) is 0 Å². The molecule has 5 nitrogen and oxygen atoms in total. The van der Waals surface area contributed by atoms with Crippen LogP contribution in [0, 0.1) is 5.92 Å². The van der Waals surface area contributed by atoms with E-state index < -0.39 is 0 Å². The molecule has 2 aromatic carbocycles. The summed E-state index contributed by atoms with van der Waals surface area (Å²) in [7, 11) is 0. The summed E-state index contributed by atoms with van der Waals surface area (Å²) in [4.78, 5) is 32.6. The van der Waals surface area contributed by atoms with Crippen molar-refractivity contribution < 1.29 is 9.59 Å². The second-order valence-electron chi connectivity index (χ2n) is 8.56. The van der Waals surface area contributed by atoms with E-state index in [2.05, 4.69) is 10.3 Å². The summed E-state index contributed by atoms with van der Waals surface area (Å²) in [5.41, 5.74) is 3.22. The normalized spacial score (nSPS) is 21.9. The van der Waals surface area contributed by atoms with Crippen molar-refractivity contribution in [3.05, 3.63) is 83.5 Å². The van der Waals surface area contributed by atoms with Gasteiger partial charge >= 0.3 is 0 Å². The number of carbonyl (C=O) groups excluding carboxylic acids is 2. The van der Waals surface area contributed by atoms with Crippen LogP contribution in [0.4, 0.5) is 5.69 Å². The predicted octanol–water partition coefficient (Wildman–Crippen LogP) is 5.42. The lowest BCUT2D eigenvalue weighted by atomic mass is 9.89. The predicted molar refractivity (Wildman–Crippen MR) is 125 cm³/mol. The van der Waals surface area contributed by atoms with Crippen LogP contribution < -0.4 is 5.32 Å². The third-order valence-corrected chi connectivity index (χ3v) is 6.78. The summed E-state index contributed by atoms with van der Waals surface area (Å²) in [6, 6.07) is 21.0. The lowest BCUT2D eigenvalue weighted by Crippen LogP contribution is -2.48. The summed E-state index contributed by atoms with van der Waals surface area (Å²) >= 11 is 5.92. The van der Waals surface area contributed by atoms with Gasteiger partial charge in [-0.15, -0.1) is 0 Å². The van der Waals surface area contributed by atoms with Crippen LogP contribution >= 0.6 is 11.6 Å². The van der Waals surface area contributed by atoms with Crippen molar-refractivity contribution in [3.8, 4) is 11.3 Å². The van der Waals surface area contributed by atoms with Gasteiger partial charge in [0, 0.05) is 40.5 Å². The summed E-state index contributed by atoms with van der Waals surface area (Å²) < 4.78 is 0. The number of nitrogens with zero attached hydrogens (tertiary/aromatic N) is 2. The Morgan fingerprint density at radius 1 is 0.906 bits per heavy atom. The van der Waals surface area contributed by atoms with E-state index in [1.54, 1.807) is 30.5 Å². The molecule has 3 aromatic rings. The highest BCUT2D eigenvalue weighted by Gasteiger charge is 2.45. The number of pyridine rings is 1. The van der Waals surface area contributed by atoms with Gasteiger partial charge in [-0.1, -0.05) is 41.9 Å². The number of piperidine rings is 1. The van der Waals surface area contributed by atoms with Crippen molar-refractivity contribution in [2.75, 3.05) is 5.32 Å². The van der Waals surface area contributed by atoms with Crippen LogP contribution in [0.5, 0.6) is 0 Å². The first-order valence-electron chi connectivity index (χ1n) is 11.0. The Morgan fingerprint density at radius 2 is 1.59 bits per heavy atom. The second kappa shape index (κ2) is 8.75. The smallest absolute Gasteiger partial charge is 0.255 e. The topological polar surface area (TPSA) is 62.3 Å². The fraction of sp³-hybridized carbons (Fsp3) is 0.269. The number of nitrogens with one attached hydrogen (secondary N) is 1. The zero-order valence-electron chi connectivity index (χ0n) is 17.6. The first-order chi connectivity index (χ1) is 15.6. The van der Waals surface area contributed by atoms with Gasteiger partial charge < -0.3 is 10.2 Å². The van der Waals surface area contributed by atoms with Crippen molar-refractivity contribution in [1.82, 2.24) is 9.88 Å². The van der Waals surface area contributed by atoms with Gasteiger partial charge in [0.2, 0.25) is 5.91 Å². The molecular formula is C26H24ClN3O2. The molecule has 0 saturated carbocycles. The van der Waals surface area contributed by atoms with Crippen LogP contribution in [0.25, 0.3) is 11.3 Å². The molecule has 0 aliphatic carbocycles. The molecule has 3 heterocycles. The first kappa shape index (κ1) is 20.7. The minimum atomic E-state index is -0.0918. The zero-order valence-corrected chi connectivity index (χ0v) is 18.3. The van der Waals surface area contributed by atoms with E-state index in [1.165, 1.54) is 0 Å². The molecular weight excluding hydrogens is 422 g/mol. The molecule has 0 spiro atoms. The standard InChI is InChI=1S/C26H24ClN3O2/c27-20-7-9-21(10-8-20)29-25(31)19-14-22-11-12-23(15-19)30(22)26(32)18-6-13-24(28-16-18)17-4-2-1-3-5-17/h1-10,13,16,19,22-23H,11-12,14-15H2,(H,29,31). The van der Waals surface area contributed by atoms with E-state index in [4.69, 9.17) is 11.6 Å². The van der Waals surface area contributed by atoms with Gasteiger partial charge in [0.25, 0.3) is 5.91 Å². The average Bonchev–Trinajstić information content (AvgIpc) is 3.09. The van der Waals surface area contributed by atoms with Crippen molar-refractivity contribution in [2.45, 2.75) is 37.8 Å². The number of fused-ring (bicyclic) bond motifs is 2. The van der Waals surface area contributed by atoms with Crippen molar-refractivity contribution in [1.29, 1.82) is 0 Å². The minimum absolute atomic E-state index is 0.0150. The molecule has 2 unspecified atom stereocenters. The lowest BCUT2D eigenvalue weighted by Gasteiger charge is -2.38. The Kier molecular flexibility index (Phi) is 5.66. The molecule has 32 heavy (non-hydrogen) atoms. The molecule has 2 amide bonds. The molecule has 5 rings (SSSR count). The van der Waals surface area contributed by atoms with Gasteiger partial charge in [0.15, 0.2) is 0 Å². The van der Waals surface area contributed by atoms with E-state index in [0.717, 1.165) is 29.8 Å². The molecule has 1 aromatic heterocycles. The molecule has 2 atom stereocenters. The molecule has 1 N–H and O–H groups in total. The van der Waals surface area contributed by atoms with Crippen LogP contribution in [0.3, 0.4) is 0 Å². The highest BCUT2D eigenvalue weighted by atomic mass is 35.5. The number of aromatic nitrogens is 1. The summed E-state index contributed by atoms with van der Waals surface area (Å²) in [5, 5.41) is 3.63. The van der Waals surface area contributed by atoms with Gasteiger partial charge in [0.05, 0.1) is 11.3 Å². The van der Waals surface area contributed by atoms with Gasteiger partial charge in [-0.05, 0) is 62.1 Å². The minimum Gasteiger partial charge on any atom is -0.333 e. The summed E-state index contributed by atoms with van der Waals surface area (Å²) in [5.74, 6) is -0.0582. The number of rotatable bonds is 4. The van der Waals surface area contributed by atoms with Crippen molar-refractivity contribution in [2.24, 2.45) is 5.92 Å². The van der Waals surface area contributed by atoms with Crippen molar-refractivity contribution >= 4 is 29.1 Å². The molecule has 2 aliphatic rings. The maximum Gasteiger partial charge on any atom is 0.255 e. The summed E-state index contributed by atoms with van der Waals surface area (Å²) in [6.45, 7) is 0. The Balaban J connectivity index is 1.26. The number of amides is 2. The molecule has 0 radical (unpaired) electrons. The quantitative estimate of drug-likeness (QED) is 0.582. The molecule has 162 valence electrons. The fourth-order valence-corrected chi connectivity index (χ4v) is 5.08. The van der Waals surface area contributed by atoms with E-state index in [-0.39, 0.29) is 29.8 Å². The van der Waals surface area contributed by atoms with Crippen LogP contribution in [0.15, 0.2) is 72.9 Å². The Labute approximate surface area is 192 Å². The van der Waals surface area contributed by atoms with E-state index in [9.17, 15) is 9.59 Å². The maximum atomic E-state index is 13.3. The Morgan fingerprint density at radius 3 is 2.22 bits per heavy atom. The largest absolute Gasteiger partial charge is 0.333 e. The van der Waals surface area contributed by atoms with E-state index >= 15 is 0 Å². The Hall–Kier alpha value is -3.18. The number of halogens is 1. The maximum absolute atomic E-state index is 13.3. The van der Waals surface area contributed by atoms with E-state index in [0.29, 0.717) is 23.4 Å². The Bertz CT molecular complexity index is 1100.